The van der Waals surface area contributed by atoms with E-state index in [1.165, 1.54) is 19.3 Å². The lowest BCUT2D eigenvalue weighted by molar-refractivity contribution is -0.146. The number of allylic oxidation sites excluding steroid dienone is 2. The highest BCUT2D eigenvalue weighted by Gasteiger charge is 2.16. The molecule has 1 heterocycles. The van der Waals surface area contributed by atoms with Crippen molar-refractivity contribution in [2.75, 3.05) is 7.11 Å². The molecule has 142 valence electrons. The van der Waals surface area contributed by atoms with E-state index < -0.39 is 12.2 Å². The fourth-order valence-corrected chi connectivity index (χ4v) is 2.70. The first-order valence-electron chi connectivity index (χ1n) is 9.56. The zero-order valence-corrected chi connectivity index (χ0v) is 15.7. The number of carbonyl (C=O) groups is 1. The molecule has 4 heteroatoms. The van der Waals surface area contributed by atoms with Crippen LogP contribution in [-0.4, -0.2) is 36.5 Å². The van der Waals surface area contributed by atoms with Crippen molar-refractivity contribution in [1.82, 2.24) is 0 Å². The van der Waals surface area contributed by atoms with Crippen molar-refractivity contribution in [3.8, 4) is 0 Å². The topological polar surface area (TPSA) is 55.8 Å². The van der Waals surface area contributed by atoms with Crippen LogP contribution in [0.5, 0.6) is 0 Å². The number of esters is 1. The highest BCUT2D eigenvalue weighted by Crippen LogP contribution is 2.13. The molecule has 0 aromatic heterocycles. The summed E-state index contributed by atoms with van der Waals surface area (Å²) >= 11 is 0. The Labute approximate surface area is 152 Å². The van der Waals surface area contributed by atoms with Gasteiger partial charge in [0.1, 0.15) is 12.2 Å². The van der Waals surface area contributed by atoms with Crippen LogP contribution in [0.2, 0.25) is 0 Å². The van der Waals surface area contributed by atoms with Gasteiger partial charge in [-0.2, -0.15) is 0 Å². The van der Waals surface area contributed by atoms with Crippen LogP contribution in [-0.2, 0) is 14.3 Å². The molecule has 0 aromatic rings. The van der Waals surface area contributed by atoms with Gasteiger partial charge in [0.2, 0.25) is 0 Å². The molecule has 1 aliphatic heterocycles. The molecule has 4 nitrogen and oxygen atoms in total. The summed E-state index contributed by atoms with van der Waals surface area (Å²) in [6.45, 7) is 2.19. The molecular weight excluding hydrogens is 316 g/mol. The summed E-state index contributed by atoms with van der Waals surface area (Å²) in [5.41, 5.74) is 0. The Morgan fingerprint density at radius 3 is 2.96 bits per heavy atom. The normalized spacial score (nSPS) is 23.0. The Hall–Kier alpha value is -1.39. The minimum atomic E-state index is -0.605. The van der Waals surface area contributed by atoms with E-state index in [0.29, 0.717) is 19.3 Å². The minimum absolute atomic E-state index is 0.164. The predicted molar refractivity (Wildman–Crippen MR) is 101 cm³/mol. The Morgan fingerprint density at radius 1 is 1.36 bits per heavy atom. The molecule has 3 atom stereocenters. The maximum absolute atomic E-state index is 11.7. The van der Waals surface area contributed by atoms with Crippen LogP contribution in [0.15, 0.2) is 36.5 Å². The van der Waals surface area contributed by atoms with E-state index in [1.54, 1.807) is 13.2 Å². The van der Waals surface area contributed by atoms with Crippen molar-refractivity contribution in [2.45, 2.75) is 83.0 Å². The van der Waals surface area contributed by atoms with E-state index in [-0.39, 0.29) is 12.1 Å². The first-order valence-corrected chi connectivity index (χ1v) is 9.56. The summed E-state index contributed by atoms with van der Waals surface area (Å²) in [6, 6.07) is 0. The second kappa shape index (κ2) is 13.9. The van der Waals surface area contributed by atoms with Crippen LogP contribution < -0.4 is 0 Å². The second-order valence-electron chi connectivity index (χ2n) is 6.48. The lowest BCUT2D eigenvalue weighted by Crippen LogP contribution is -2.26. The quantitative estimate of drug-likeness (QED) is 0.358. The fraction of sp³-hybridized carbons (Fsp3) is 0.667. The Morgan fingerprint density at radius 2 is 2.20 bits per heavy atom. The lowest BCUT2D eigenvalue weighted by atomic mass is 10.1. The summed E-state index contributed by atoms with van der Waals surface area (Å²) in [7, 11) is 1.58. The smallest absolute Gasteiger partial charge is 0.306 e. The second-order valence-corrected chi connectivity index (χ2v) is 6.48. The van der Waals surface area contributed by atoms with Crippen LogP contribution in [0.25, 0.3) is 0 Å². The Kier molecular flexibility index (Phi) is 12.0. The molecule has 0 bridgehead atoms. The van der Waals surface area contributed by atoms with Crippen LogP contribution >= 0.6 is 0 Å². The molecule has 1 rings (SSSR count). The van der Waals surface area contributed by atoms with E-state index >= 15 is 0 Å². The molecule has 0 aromatic carbocycles. The summed E-state index contributed by atoms with van der Waals surface area (Å²) in [5, 5.41) is 10.3. The van der Waals surface area contributed by atoms with Crippen molar-refractivity contribution < 1.29 is 19.4 Å². The summed E-state index contributed by atoms with van der Waals surface area (Å²) in [6.07, 6.45) is 18.7. The number of rotatable bonds is 10. The van der Waals surface area contributed by atoms with Gasteiger partial charge in [0.25, 0.3) is 0 Å². The van der Waals surface area contributed by atoms with E-state index in [0.717, 1.165) is 19.3 Å². The Bertz CT molecular complexity index is 439. The van der Waals surface area contributed by atoms with Gasteiger partial charge in [-0.3, -0.25) is 4.79 Å². The molecule has 0 fully saturated rings. The standard InChI is InChI=1S/C21H34O4/c1-3-4-5-6-7-11-14-19(22)20(24-2)17-16-18-13-10-8-9-12-15-21(23)25-18/h7-8,10-11,16-20,22H,3-6,9,12-15H2,1-2H3/b10-8-,11-7-,17-16+/t18-,19+,20-/m0/s1. The lowest BCUT2D eigenvalue weighted by Gasteiger charge is -2.18. The third-order valence-electron chi connectivity index (χ3n) is 4.25. The van der Waals surface area contributed by atoms with Crippen molar-refractivity contribution in [1.29, 1.82) is 0 Å². The Balaban J connectivity index is 2.48. The molecule has 0 unspecified atom stereocenters. The van der Waals surface area contributed by atoms with Crippen LogP contribution in [0.4, 0.5) is 0 Å². The SMILES string of the molecule is CCCCC/C=C\C[C@@H](O)[C@H](/C=C/[C@@H]1C/C=C\CCCC(=O)O1)OC. The number of methoxy groups -OCH3 is 1. The van der Waals surface area contributed by atoms with Crippen LogP contribution in [0, 0.1) is 0 Å². The van der Waals surface area contributed by atoms with Gasteiger partial charge in [-0.25, -0.2) is 0 Å². The monoisotopic (exact) mass is 350 g/mol. The maximum atomic E-state index is 11.7. The van der Waals surface area contributed by atoms with Crippen LogP contribution in [0.3, 0.4) is 0 Å². The zero-order valence-electron chi connectivity index (χ0n) is 15.7. The molecule has 1 N–H and O–H groups in total. The number of hydrogen-bond acceptors (Lipinski definition) is 4. The number of aliphatic hydroxyl groups excluding tert-OH is 1. The van der Waals surface area contributed by atoms with Gasteiger partial charge in [0.15, 0.2) is 0 Å². The van der Waals surface area contributed by atoms with Crippen molar-refractivity contribution in [3.05, 3.63) is 36.5 Å². The number of unbranched alkanes of at least 4 members (excludes halogenated alkanes) is 3. The number of cyclic esters (lactones) is 1. The van der Waals surface area contributed by atoms with Gasteiger partial charge < -0.3 is 14.6 Å². The molecule has 0 saturated carbocycles. The van der Waals surface area contributed by atoms with E-state index in [2.05, 4.69) is 19.1 Å². The van der Waals surface area contributed by atoms with Crippen LogP contribution in [0.1, 0.15) is 64.7 Å². The fourth-order valence-electron chi connectivity index (χ4n) is 2.70. The highest BCUT2D eigenvalue weighted by atomic mass is 16.5. The molecule has 25 heavy (non-hydrogen) atoms. The van der Waals surface area contributed by atoms with Gasteiger partial charge in [-0.1, -0.05) is 50.1 Å². The molecule has 0 saturated heterocycles. The average Bonchev–Trinajstić information content (AvgIpc) is 2.70. The van der Waals surface area contributed by atoms with E-state index in [4.69, 9.17) is 9.47 Å². The van der Waals surface area contributed by atoms with Gasteiger partial charge >= 0.3 is 5.97 Å². The zero-order chi connectivity index (χ0) is 18.3. The molecule has 1 aliphatic rings. The van der Waals surface area contributed by atoms with Gasteiger partial charge in [-0.05, 0) is 38.2 Å². The van der Waals surface area contributed by atoms with Crippen molar-refractivity contribution >= 4 is 5.97 Å². The number of ether oxygens (including phenoxy) is 2. The molecular formula is C21H34O4. The van der Waals surface area contributed by atoms with E-state index in [9.17, 15) is 9.90 Å². The number of aliphatic hydroxyl groups is 1. The van der Waals surface area contributed by atoms with Gasteiger partial charge in [-0.15, -0.1) is 0 Å². The van der Waals surface area contributed by atoms with Gasteiger partial charge in [0.05, 0.1) is 6.10 Å². The summed E-state index contributed by atoms with van der Waals surface area (Å²) in [4.78, 5) is 11.7. The number of hydrogen-bond donors (Lipinski definition) is 1. The maximum Gasteiger partial charge on any atom is 0.306 e. The van der Waals surface area contributed by atoms with Crippen molar-refractivity contribution in [3.63, 3.8) is 0 Å². The first-order chi connectivity index (χ1) is 12.2. The minimum Gasteiger partial charge on any atom is -0.458 e. The average molecular weight is 350 g/mol. The summed E-state index contributed by atoms with van der Waals surface area (Å²) < 4.78 is 10.8. The molecule has 0 radical (unpaired) electrons. The predicted octanol–water partition coefficient (Wildman–Crippen LogP) is 4.49. The third-order valence-corrected chi connectivity index (χ3v) is 4.25. The highest BCUT2D eigenvalue weighted by molar-refractivity contribution is 5.69. The number of carbonyl (C=O) groups excluding carboxylic acids is 1. The first kappa shape index (κ1) is 21.7. The largest absolute Gasteiger partial charge is 0.458 e. The molecule has 0 amide bonds. The molecule has 0 aliphatic carbocycles. The molecule has 0 spiro atoms. The van der Waals surface area contributed by atoms with Gasteiger partial charge in [0, 0.05) is 20.0 Å². The van der Waals surface area contributed by atoms with E-state index in [1.807, 2.05) is 18.2 Å². The van der Waals surface area contributed by atoms with Crippen molar-refractivity contribution in [2.24, 2.45) is 0 Å². The summed E-state index contributed by atoms with van der Waals surface area (Å²) in [5.74, 6) is -0.164. The third kappa shape index (κ3) is 10.3.